The van der Waals surface area contributed by atoms with Gasteiger partial charge in [-0.3, -0.25) is 0 Å². The number of aryl methyl sites for hydroxylation is 2. The molecule has 35 heavy (non-hydrogen) atoms. The molecule has 0 radical (unpaired) electrons. The number of benzene rings is 2. The van der Waals surface area contributed by atoms with Crippen molar-refractivity contribution in [1.82, 2.24) is 4.23 Å². The molecule has 1 fully saturated rings. The minimum atomic E-state index is -1.85. The summed E-state index contributed by atoms with van der Waals surface area (Å²) in [6.07, 6.45) is 13.3. The minimum absolute atomic E-state index is 0.686. The van der Waals surface area contributed by atoms with Crippen LogP contribution in [0, 0.1) is 0 Å². The van der Waals surface area contributed by atoms with Crippen LogP contribution in [0.4, 0.5) is 11.4 Å². The van der Waals surface area contributed by atoms with Crippen molar-refractivity contribution in [3.63, 3.8) is 0 Å². The molecule has 2 aliphatic carbocycles. The molecule has 0 bridgehead atoms. The van der Waals surface area contributed by atoms with Gasteiger partial charge in [-0.2, -0.15) is 0 Å². The predicted molar refractivity (Wildman–Crippen MR) is 156 cm³/mol. The van der Waals surface area contributed by atoms with Crippen molar-refractivity contribution in [2.24, 2.45) is 0 Å². The molecule has 0 saturated heterocycles. The Kier molecular flexibility index (Phi) is 6.91. The van der Waals surface area contributed by atoms with Gasteiger partial charge in [0.1, 0.15) is 0 Å². The average molecular weight is 487 g/mol. The van der Waals surface area contributed by atoms with Crippen molar-refractivity contribution in [1.29, 1.82) is 0 Å². The summed E-state index contributed by atoms with van der Waals surface area (Å²) >= 11 is 0. The summed E-state index contributed by atoms with van der Waals surface area (Å²) in [5.74, 6) is 0.723. The zero-order valence-corrected chi connectivity index (χ0v) is 24.0. The van der Waals surface area contributed by atoms with Gasteiger partial charge in [0, 0.05) is 22.3 Å². The Bertz CT molecular complexity index is 1160. The molecular formula is C32H46N2Si. The van der Waals surface area contributed by atoms with Crippen molar-refractivity contribution < 1.29 is 0 Å². The highest BCUT2D eigenvalue weighted by Gasteiger charge is 2.46. The van der Waals surface area contributed by atoms with Gasteiger partial charge >= 0.3 is 0 Å². The summed E-state index contributed by atoms with van der Waals surface area (Å²) < 4.78 is 2.86. The zero-order valence-electron chi connectivity index (χ0n) is 23.0. The van der Waals surface area contributed by atoms with Gasteiger partial charge < -0.3 is 9.55 Å². The van der Waals surface area contributed by atoms with Crippen molar-refractivity contribution >= 4 is 30.5 Å². The Morgan fingerprint density at radius 1 is 0.743 bits per heavy atom. The van der Waals surface area contributed by atoms with Crippen molar-refractivity contribution in [2.75, 3.05) is 5.32 Å². The first kappa shape index (κ1) is 24.7. The summed E-state index contributed by atoms with van der Waals surface area (Å²) in [4.78, 5) is 0. The van der Waals surface area contributed by atoms with Crippen LogP contribution in [0.15, 0.2) is 42.6 Å². The Morgan fingerprint density at radius 2 is 1.37 bits per heavy atom. The van der Waals surface area contributed by atoms with Crippen LogP contribution in [0.25, 0.3) is 10.9 Å². The van der Waals surface area contributed by atoms with Gasteiger partial charge in [0.2, 0.25) is 0 Å². The van der Waals surface area contributed by atoms with Gasteiger partial charge in [-0.25, -0.2) is 0 Å². The molecule has 0 atom stereocenters. The first-order chi connectivity index (χ1) is 16.8. The van der Waals surface area contributed by atoms with Crippen molar-refractivity contribution in [3.8, 4) is 0 Å². The van der Waals surface area contributed by atoms with Crippen LogP contribution in [0.2, 0.25) is 16.6 Å². The van der Waals surface area contributed by atoms with Crippen LogP contribution in [-0.4, -0.2) is 12.5 Å². The van der Waals surface area contributed by atoms with E-state index in [4.69, 9.17) is 0 Å². The maximum absolute atomic E-state index is 3.78. The van der Waals surface area contributed by atoms with E-state index in [1.165, 1.54) is 79.2 Å². The highest BCUT2D eigenvalue weighted by atomic mass is 28.3. The molecule has 1 heterocycles. The fraction of sp³-hybridized carbons (Fsp3) is 0.562. The Morgan fingerprint density at radius 3 is 2.06 bits per heavy atom. The highest BCUT2D eigenvalue weighted by Crippen LogP contribution is 2.47. The van der Waals surface area contributed by atoms with Crippen LogP contribution in [0.1, 0.15) is 103 Å². The second kappa shape index (κ2) is 9.80. The van der Waals surface area contributed by atoms with Crippen molar-refractivity contribution in [3.05, 3.63) is 59.3 Å². The summed E-state index contributed by atoms with van der Waals surface area (Å²) in [6, 6.07) is 14.2. The second-order valence-corrected chi connectivity index (χ2v) is 18.1. The summed E-state index contributed by atoms with van der Waals surface area (Å²) in [6.45, 7) is 14.9. The van der Waals surface area contributed by atoms with Crippen LogP contribution < -0.4 is 5.32 Å². The van der Waals surface area contributed by atoms with E-state index in [0.717, 1.165) is 5.92 Å². The maximum Gasteiger partial charge on any atom is 0.169 e. The van der Waals surface area contributed by atoms with Crippen molar-refractivity contribution in [2.45, 2.75) is 115 Å². The van der Waals surface area contributed by atoms with E-state index in [1.54, 1.807) is 11.1 Å². The molecule has 0 unspecified atom stereocenters. The third kappa shape index (κ3) is 4.28. The lowest BCUT2D eigenvalue weighted by Crippen LogP contribution is -2.51. The molecule has 0 aliphatic heterocycles. The van der Waals surface area contributed by atoms with E-state index in [1.807, 2.05) is 0 Å². The Balaban J connectivity index is 1.64. The first-order valence-corrected chi connectivity index (χ1v) is 16.5. The lowest BCUT2D eigenvalue weighted by atomic mass is 9.84. The average Bonchev–Trinajstić information content (AvgIpc) is 3.44. The van der Waals surface area contributed by atoms with E-state index in [-0.39, 0.29) is 0 Å². The largest absolute Gasteiger partial charge is 0.373 e. The monoisotopic (exact) mass is 486 g/mol. The SMILES string of the molecule is CC(C)[Si](C(C)C)(C(C)C)n1cc(C2CCCCC2)c2ccc(Nc3ccc4c(c3)CCC4)cc21. The van der Waals surface area contributed by atoms with Crippen LogP contribution in [-0.2, 0) is 12.8 Å². The molecule has 3 aromatic rings. The zero-order chi connectivity index (χ0) is 24.7. The van der Waals surface area contributed by atoms with Gasteiger partial charge in [-0.1, -0.05) is 72.9 Å². The summed E-state index contributed by atoms with van der Waals surface area (Å²) in [7, 11) is -1.85. The molecule has 2 nitrogen and oxygen atoms in total. The number of nitrogens with one attached hydrogen (secondary N) is 1. The topological polar surface area (TPSA) is 17.0 Å². The third-order valence-corrected chi connectivity index (χ3v) is 16.2. The number of nitrogens with zero attached hydrogens (tertiary/aromatic N) is 1. The van der Waals surface area contributed by atoms with E-state index < -0.39 is 8.24 Å². The van der Waals surface area contributed by atoms with Gasteiger partial charge in [-0.15, -0.1) is 0 Å². The number of fused-ring (bicyclic) bond motifs is 2. The van der Waals surface area contributed by atoms with Gasteiger partial charge in [0.15, 0.2) is 8.24 Å². The smallest absolute Gasteiger partial charge is 0.169 e. The van der Waals surface area contributed by atoms with E-state index in [9.17, 15) is 0 Å². The number of aromatic nitrogens is 1. The lowest BCUT2D eigenvalue weighted by molar-refractivity contribution is 0.445. The molecule has 0 amide bonds. The van der Waals surface area contributed by atoms with Gasteiger partial charge in [-0.05, 0) is 102 Å². The first-order valence-electron chi connectivity index (χ1n) is 14.4. The molecule has 1 aromatic heterocycles. The van der Waals surface area contributed by atoms with Gasteiger partial charge in [0.25, 0.3) is 0 Å². The molecule has 188 valence electrons. The fourth-order valence-electron chi connectivity index (χ4n) is 8.04. The Labute approximate surface area is 214 Å². The third-order valence-electron chi connectivity index (χ3n) is 9.46. The van der Waals surface area contributed by atoms with Crippen LogP contribution >= 0.6 is 0 Å². The van der Waals surface area contributed by atoms with E-state index in [0.29, 0.717) is 16.6 Å². The molecule has 2 aliphatic rings. The maximum atomic E-state index is 3.78. The minimum Gasteiger partial charge on any atom is -0.373 e. The summed E-state index contributed by atoms with van der Waals surface area (Å²) in [5, 5.41) is 5.29. The lowest BCUT2D eigenvalue weighted by Gasteiger charge is -2.44. The second-order valence-electron chi connectivity index (χ2n) is 12.3. The van der Waals surface area contributed by atoms with E-state index in [2.05, 4.69) is 93.7 Å². The molecule has 5 rings (SSSR count). The highest BCUT2D eigenvalue weighted by molar-refractivity contribution is 6.82. The normalized spacial score (nSPS) is 17.2. The Hall–Kier alpha value is -2.00. The molecule has 2 aromatic carbocycles. The van der Waals surface area contributed by atoms with E-state index >= 15 is 0 Å². The number of hydrogen-bond donors (Lipinski definition) is 1. The number of hydrogen-bond acceptors (Lipinski definition) is 1. The van der Waals surface area contributed by atoms with Crippen LogP contribution in [0.5, 0.6) is 0 Å². The molecule has 1 N–H and O–H groups in total. The quantitative estimate of drug-likeness (QED) is 0.329. The fourth-order valence-corrected chi connectivity index (χ4v) is 14.7. The van der Waals surface area contributed by atoms with Crippen LogP contribution in [0.3, 0.4) is 0 Å². The molecule has 1 saturated carbocycles. The summed E-state index contributed by atoms with van der Waals surface area (Å²) in [5.41, 5.74) is 10.7. The molecule has 0 spiro atoms. The number of anilines is 2. The standard InChI is InChI=1S/C32H46N2Si/c1-22(2)35(23(3)4,24(5)6)34-21-31(26-11-8-7-9-12-26)30-18-17-29(20-32(30)34)33-28-16-15-25-13-10-14-27(25)19-28/h15-24,26,33H,7-14H2,1-6H3. The predicted octanol–water partition coefficient (Wildman–Crippen LogP) is 9.94. The molecular weight excluding hydrogens is 440 g/mol. The van der Waals surface area contributed by atoms with Gasteiger partial charge in [0.05, 0.1) is 0 Å². The number of rotatable bonds is 7. The molecule has 3 heteroatoms.